The Morgan fingerprint density at radius 2 is 2.15 bits per heavy atom. The fourth-order valence-corrected chi connectivity index (χ4v) is 1.61. The summed E-state index contributed by atoms with van der Waals surface area (Å²) in [5.74, 6) is 0.292. The van der Waals surface area contributed by atoms with Crippen LogP contribution in [0.15, 0.2) is 12.1 Å². The van der Waals surface area contributed by atoms with Crippen molar-refractivity contribution in [2.24, 2.45) is 0 Å². The van der Waals surface area contributed by atoms with Gasteiger partial charge in [-0.1, -0.05) is 11.6 Å². The minimum atomic E-state index is 0.292. The van der Waals surface area contributed by atoms with Gasteiger partial charge in [-0.2, -0.15) is 0 Å². The van der Waals surface area contributed by atoms with E-state index in [1.54, 1.807) is 6.07 Å². The van der Waals surface area contributed by atoms with Gasteiger partial charge in [0, 0.05) is 10.6 Å². The fourth-order valence-electron chi connectivity index (χ4n) is 1.25. The quantitative estimate of drug-likeness (QED) is 0.782. The van der Waals surface area contributed by atoms with E-state index < -0.39 is 0 Å². The molecule has 0 saturated heterocycles. The molecule has 2 N–H and O–H groups in total. The van der Waals surface area contributed by atoms with Gasteiger partial charge < -0.3 is 10.4 Å². The summed E-state index contributed by atoms with van der Waals surface area (Å²) < 4.78 is 0. The summed E-state index contributed by atoms with van der Waals surface area (Å²) in [6.45, 7) is 2.73. The average Bonchev–Trinajstić information content (AvgIpc) is 2.02. The van der Waals surface area contributed by atoms with Crippen LogP contribution in [0.25, 0.3) is 0 Å². The minimum absolute atomic E-state index is 0.292. The molecule has 0 unspecified atom stereocenters. The minimum Gasteiger partial charge on any atom is -0.508 e. The topological polar surface area (TPSA) is 32.3 Å². The van der Waals surface area contributed by atoms with Crippen LogP contribution >= 0.6 is 11.6 Å². The maximum absolute atomic E-state index is 9.59. The Morgan fingerprint density at radius 1 is 1.46 bits per heavy atom. The number of likely N-dealkylation sites (N-methyl/N-ethyl adjacent to an activating group) is 1. The monoisotopic (exact) mass is 199 g/mol. The van der Waals surface area contributed by atoms with E-state index in [0.717, 1.165) is 24.1 Å². The van der Waals surface area contributed by atoms with Gasteiger partial charge in [0.2, 0.25) is 0 Å². The lowest BCUT2D eigenvalue weighted by molar-refractivity contribution is 0.467. The lowest BCUT2D eigenvalue weighted by Gasteiger charge is -2.07. The van der Waals surface area contributed by atoms with E-state index in [1.807, 2.05) is 20.0 Å². The molecule has 0 aliphatic carbocycles. The number of hydrogen-bond donors (Lipinski definition) is 2. The highest BCUT2D eigenvalue weighted by atomic mass is 35.5. The predicted octanol–water partition coefficient (Wildman–Crippen LogP) is 2.12. The van der Waals surface area contributed by atoms with Gasteiger partial charge in [-0.3, -0.25) is 0 Å². The van der Waals surface area contributed by atoms with E-state index in [-0.39, 0.29) is 0 Å². The van der Waals surface area contributed by atoms with Crippen molar-refractivity contribution in [3.63, 3.8) is 0 Å². The van der Waals surface area contributed by atoms with Crippen LogP contribution in [0.3, 0.4) is 0 Å². The number of aryl methyl sites for hydroxylation is 1. The number of halogens is 1. The first-order chi connectivity index (χ1) is 6.15. The van der Waals surface area contributed by atoms with Crippen LogP contribution in [0.1, 0.15) is 11.1 Å². The molecule has 0 spiro atoms. The number of phenolic OH excluding ortho intramolecular Hbond substituents is 1. The number of aromatic hydroxyl groups is 1. The molecule has 13 heavy (non-hydrogen) atoms. The molecule has 0 atom stereocenters. The largest absolute Gasteiger partial charge is 0.508 e. The van der Waals surface area contributed by atoms with Gasteiger partial charge in [-0.15, -0.1) is 0 Å². The molecule has 0 radical (unpaired) electrons. The Bertz CT molecular complexity index is 276. The highest BCUT2D eigenvalue weighted by Gasteiger charge is 2.06. The summed E-state index contributed by atoms with van der Waals surface area (Å²) in [5.41, 5.74) is 1.80. The van der Waals surface area contributed by atoms with Crippen molar-refractivity contribution in [3.05, 3.63) is 28.3 Å². The van der Waals surface area contributed by atoms with E-state index in [1.165, 1.54) is 0 Å². The van der Waals surface area contributed by atoms with Gasteiger partial charge in [0.15, 0.2) is 0 Å². The lowest BCUT2D eigenvalue weighted by Crippen LogP contribution is -2.10. The zero-order valence-corrected chi connectivity index (χ0v) is 8.65. The molecule has 0 bridgehead atoms. The molecular formula is C10H14ClNO. The molecule has 0 aliphatic heterocycles. The molecule has 0 amide bonds. The molecular weight excluding hydrogens is 186 g/mol. The molecule has 3 heteroatoms. The first-order valence-corrected chi connectivity index (χ1v) is 4.65. The number of hydrogen-bond acceptors (Lipinski definition) is 2. The first-order valence-electron chi connectivity index (χ1n) is 4.27. The Morgan fingerprint density at radius 3 is 2.69 bits per heavy atom. The lowest BCUT2D eigenvalue weighted by atomic mass is 10.1. The van der Waals surface area contributed by atoms with Crippen molar-refractivity contribution in [3.8, 4) is 5.75 Å². The fraction of sp³-hybridized carbons (Fsp3) is 0.400. The van der Waals surface area contributed by atoms with E-state index in [0.29, 0.717) is 10.8 Å². The van der Waals surface area contributed by atoms with E-state index in [4.69, 9.17) is 11.6 Å². The molecule has 0 aromatic heterocycles. The maximum Gasteiger partial charge on any atom is 0.120 e. The molecule has 2 nitrogen and oxygen atoms in total. The van der Waals surface area contributed by atoms with E-state index in [2.05, 4.69) is 5.32 Å². The second-order valence-electron chi connectivity index (χ2n) is 3.10. The highest BCUT2D eigenvalue weighted by molar-refractivity contribution is 6.31. The summed E-state index contributed by atoms with van der Waals surface area (Å²) in [4.78, 5) is 0. The SMILES string of the molecule is CNCCc1c(O)cc(C)cc1Cl. The van der Waals surface area contributed by atoms with Gasteiger partial charge in [-0.05, 0) is 44.6 Å². The highest BCUT2D eigenvalue weighted by Crippen LogP contribution is 2.27. The van der Waals surface area contributed by atoms with Crippen molar-refractivity contribution in [2.75, 3.05) is 13.6 Å². The molecule has 0 fully saturated rings. The summed E-state index contributed by atoms with van der Waals surface area (Å²) in [6.07, 6.45) is 0.751. The van der Waals surface area contributed by atoms with E-state index in [9.17, 15) is 5.11 Å². The van der Waals surface area contributed by atoms with Crippen LogP contribution in [0.2, 0.25) is 5.02 Å². The zero-order chi connectivity index (χ0) is 9.84. The summed E-state index contributed by atoms with van der Waals surface area (Å²) in [6, 6.07) is 3.60. The third-order valence-electron chi connectivity index (χ3n) is 1.94. The average molecular weight is 200 g/mol. The van der Waals surface area contributed by atoms with Crippen LogP contribution in [0, 0.1) is 6.92 Å². The standard InChI is InChI=1S/C10H14ClNO/c1-7-5-9(11)8(3-4-12-2)10(13)6-7/h5-6,12-13H,3-4H2,1-2H3. The van der Waals surface area contributed by atoms with Crippen LogP contribution in [-0.4, -0.2) is 18.7 Å². The van der Waals surface area contributed by atoms with Gasteiger partial charge >= 0.3 is 0 Å². The third kappa shape index (κ3) is 2.61. The molecule has 1 aromatic rings. The Hall–Kier alpha value is -0.730. The molecule has 0 saturated carbocycles. The summed E-state index contributed by atoms with van der Waals surface area (Å²) in [5, 5.41) is 13.2. The third-order valence-corrected chi connectivity index (χ3v) is 2.28. The molecule has 1 rings (SSSR count). The molecule has 0 heterocycles. The number of nitrogens with one attached hydrogen (secondary N) is 1. The number of phenols is 1. The number of rotatable bonds is 3. The summed E-state index contributed by atoms with van der Waals surface area (Å²) >= 11 is 5.98. The predicted molar refractivity (Wildman–Crippen MR) is 55.5 cm³/mol. The molecule has 0 aliphatic rings. The molecule has 72 valence electrons. The normalized spacial score (nSPS) is 10.4. The van der Waals surface area contributed by atoms with Gasteiger partial charge in [0.25, 0.3) is 0 Å². The van der Waals surface area contributed by atoms with Crippen LogP contribution in [-0.2, 0) is 6.42 Å². The zero-order valence-electron chi connectivity index (χ0n) is 7.89. The van der Waals surface area contributed by atoms with Crippen LogP contribution in [0.5, 0.6) is 5.75 Å². The number of benzene rings is 1. The van der Waals surface area contributed by atoms with Gasteiger partial charge in [0.1, 0.15) is 5.75 Å². The van der Waals surface area contributed by atoms with Gasteiger partial charge in [-0.25, -0.2) is 0 Å². The van der Waals surface area contributed by atoms with Gasteiger partial charge in [0.05, 0.1) is 0 Å². The second-order valence-corrected chi connectivity index (χ2v) is 3.51. The Labute approximate surface area is 83.5 Å². The van der Waals surface area contributed by atoms with Crippen molar-refractivity contribution in [1.29, 1.82) is 0 Å². The van der Waals surface area contributed by atoms with E-state index >= 15 is 0 Å². The summed E-state index contributed by atoms with van der Waals surface area (Å²) in [7, 11) is 1.87. The van der Waals surface area contributed by atoms with Crippen LogP contribution in [0.4, 0.5) is 0 Å². The van der Waals surface area contributed by atoms with Crippen molar-refractivity contribution >= 4 is 11.6 Å². The van der Waals surface area contributed by atoms with Crippen molar-refractivity contribution < 1.29 is 5.11 Å². The first kappa shape index (κ1) is 10.4. The smallest absolute Gasteiger partial charge is 0.120 e. The van der Waals surface area contributed by atoms with Crippen LogP contribution < -0.4 is 5.32 Å². The van der Waals surface area contributed by atoms with Crippen molar-refractivity contribution in [2.45, 2.75) is 13.3 Å². The second kappa shape index (κ2) is 4.49. The van der Waals surface area contributed by atoms with Crippen molar-refractivity contribution in [1.82, 2.24) is 5.32 Å². The Kier molecular flexibility index (Phi) is 3.58. The molecule has 1 aromatic carbocycles. The maximum atomic E-state index is 9.59. The Balaban J connectivity index is 2.92.